The molecule has 0 radical (unpaired) electrons. The van der Waals surface area contributed by atoms with E-state index in [0.717, 1.165) is 6.07 Å². The minimum atomic E-state index is -0.878. The first-order chi connectivity index (χ1) is 16.9. The molecule has 0 spiro atoms. The van der Waals surface area contributed by atoms with Gasteiger partial charge in [-0.25, -0.2) is 18.7 Å². The topological polar surface area (TPSA) is 137 Å². The lowest BCUT2D eigenvalue weighted by molar-refractivity contribution is 0.102. The molecule has 0 bridgehead atoms. The van der Waals surface area contributed by atoms with Crippen LogP contribution in [0.3, 0.4) is 0 Å². The van der Waals surface area contributed by atoms with E-state index >= 15 is 0 Å². The molecule has 1 aliphatic heterocycles. The summed E-state index contributed by atoms with van der Waals surface area (Å²) in [5.41, 5.74) is 6.18. The number of carbonyl (C=O) groups is 1. The van der Waals surface area contributed by atoms with E-state index in [9.17, 15) is 18.7 Å². The molecule has 1 amide bonds. The predicted octanol–water partition coefficient (Wildman–Crippen LogP) is 2.45. The van der Waals surface area contributed by atoms with Gasteiger partial charge in [-0.05, 0) is 42.8 Å². The molecule has 4 rings (SSSR count). The Balaban J connectivity index is 1.68. The average Bonchev–Trinajstić information content (AvgIpc) is 3.24. The molecular weight excluding hydrogens is 458 g/mol. The number of benzene rings is 2. The minimum Gasteiger partial charge on any atom is -0.496 e. The van der Waals surface area contributed by atoms with E-state index in [0.29, 0.717) is 18.7 Å². The summed E-state index contributed by atoms with van der Waals surface area (Å²) in [6, 6.07) is 9.19. The van der Waals surface area contributed by atoms with Gasteiger partial charge in [-0.1, -0.05) is 0 Å². The Labute approximate surface area is 199 Å². The summed E-state index contributed by atoms with van der Waals surface area (Å²) >= 11 is 0. The average molecular weight is 480 g/mol. The molecule has 4 N–H and O–H groups in total. The van der Waals surface area contributed by atoms with Crippen molar-refractivity contribution in [2.24, 2.45) is 5.73 Å². The van der Waals surface area contributed by atoms with E-state index in [4.69, 9.17) is 15.7 Å². The number of anilines is 2. The molecule has 0 saturated carbocycles. The highest BCUT2D eigenvalue weighted by molar-refractivity contribution is 6.05. The number of hydrogen-bond donors (Lipinski definition) is 3. The molecule has 1 aliphatic rings. The third kappa shape index (κ3) is 4.75. The number of nitrogens with zero attached hydrogens (tertiary/aromatic N) is 4. The van der Waals surface area contributed by atoms with Crippen molar-refractivity contribution in [3.8, 4) is 23.2 Å². The largest absolute Gasteiger partial charge is 0.496 e. The highest BCUT2D eigenvalue weighted by Crippen LogP contribution is 2.34. The van der Waals surface area contributed by atoms with Crippen LogP contribution in [-0.4, -0.2) is 53.3 Å². The van der Waals surface area contributed by atoms with E-state index in [1.807, 2.05) is 4.90 Å². The number of ether oxygens (including phenoxy) is 1. The van der Waals surface area contributed by atoms with Crippen LogP contribution in [0, 0.1) is 23.0 Å². The van der Waals surface area contributed by atoms with E-state index < -0.39 is 17.5 Å². The molecule has 11 heteroatoms. The van der Waals surface area contributed by atoms with E-state index in [2.05, 4.69) is 15.3 Å². The van der Waals surface area contributed by atoms with Crippen LogP contribution in [0.15, 0.2) is 42.6 Å². The Morgan fingerprint density at radius 3 is 2.86 bits per heavy atom. The fourth-order valence-electron chi connectivity index (χ4n) is 4.10. The molecule has 2 aromatic carbocycles. The molecule has 1 fully saturated rings. The monoisotopic (exact) mass is 480 g/mol. The summed E-state index contributed by atoms with van der Waals surface area (Å²) in [6.45, 7) is 0.272. The Kier molecular flexibility index (Phi) is 6.86. The summed E-state index contributed by atoms with van der Waals surface area (Å²) in [5.74, 6) is -2.21. The number of aliphatic hydroxyl groups excluding tert-OH is 1. The van der Waals surface area contributed by atoms with Crippen molar-refractivity contribution >= 4 is 17.3 Å². The predicted molar refractivity (Wildman–Crippen MR) is 124 cm³/mol. The maximum atomic E-state index is 14.9. The fraction of sp³-hybridized carbons (Fsp3) is 0.250. The van der Waals surface area contributed by atoms with E-state index in [1.54, 1.807) is 6.07 Å². The number of aromatic nitrogens is 2. The quantitative estimate of drug-likeness (QED) is 0.489. The van der Waals surface area contributed by atoms with Crippen molar-refractivity contribution in [2.45, 2.75) is 18.5 Å². The second kappa shape index (κ2) is 10.0. The standard InChI is InChI=1S/C24H22F2N6O3/c1-35-20-5-2-13(10-27)22(26)21(20)23-29-7-6-17(30-23)24(34)31-18-8-14(25)3-4-19(18)32-11-15(28)9-16(32)12-33/h2-8,15-16,33H,9,11-12,28H2,1H3,(H,31,34). The molecule has 2 heterocycles. The van der Waals surface area contributed by atoms with Crippen LogP contribution in [0.1, 0.15) is 22.5 Å². The smallest absolute Gasteiger partial charge is 0.274 e. The van der Waals surface area contributed by atoms with Gasteiger partial charge in [0.05, 0.1) is 42.3 Å². The zero-order valence-corrected chi connectivity index (χ0v) is 18.7. The first-order valence-electron chi connectivity index (χ1n) is 10.7. The Bertz CT molecular complexity index is 1310. The van der Waals surface area contributed by atoms with Gasteiger partial charge in [0.1, 0.15) is 23.3 Å². The molecule has 2 atom stereocenters. The highest BCUT2D eigenvalue weighted by atomic mass is 19.1. The van der Waals surface area contributed by atoms with Gasteiger partial charge in [-0.3, -0.25) is 4.79 Å². The lowest BCUT2D eigenvalue weighted by Crippen LogP contribution is -2.33. The molecule has 0 aliphatic carbocycles. The summed E-state index contributed by atoms with van der Waals surface area (Å²) in [5, 5.41) is 21.5. The molecule has 2 unspecified atom stereocenters. The number of hydrogen-bond acceptors (Lipinski definition) is 8. The second-order valence-electron chi connectivity index (χ2n) is 7.98. The number of nitriles is 1. The number of amides is 1. The summed E-state index contributed by atoms with van der Waals surface area (Å²) in [4.78, 5) is 23.1. The van der Waals surface area contributed by atoms with Crippen LogP contribution in [0.4, 0.5) is 20.2 Å². The lowest BCUT2D eigenvalue weighted by atomic mass is 10.1. The molecule has 180 valence electrons. The van der Waals surface area contributed by atoms with Gasteiger partial charge in [0.2, 0.25) is 0 Å². The van der Waals surface area contributed by atoms with Gasteiger partial charge in [-0.2, -0.15) is 5.26 Å². The van der Waals surface area contributed by atoms with E-state index in [1.165, 1.54) is 43.6 Å². The first-order valence-corrected chi connectivity index (χ1v) is 10.7. The minimum absolute atomic E-state index is 0.0897. The Morgan fingerprint density at radius 2 is 2.14 bits per heavy atom. The van der Waals surface area contributed by atoms with Crippen LogP contribution >= 0.6 is 0 Å². The number of rotatable bonds is 6. The first kappa shape index (κ1) is 24.0. The number of nitrogens with two attached hydrogens (primary N) is 1. The van der Waals surface area contributed by atoms with Gasteiger partial charge >= 0.3 is 0 Å². The molecule has 1 saturated heterocycles. The van der Waals surface area contributed by atoms with Gasteiger partial charge in [-0.15, -0.1) is 0 Å². The number of aliphatic hydroxyl groups is 1. The van der Waals surface area contributed by atoms with Gasteiger partial charge in [0.15, 0.2) is 11.6 Å². The number of nitrogens with one attached hydrogen (secondary N) is 1. The molecule has 35 heavy (non-hydrogen) atoms. The van der Waals surface area contributed by atoms with Crippen LogP contribution in [0.2, 0.25) is 0 Å². The van der Waals surface area contributed by atoms with Crippen LogP contribution in [0.5, 0.6) is 5.75 Å². The Morgan fingerprint density at radius 1 is 1.34 bits per heavy atom. The number of carbonyl (C=O) groups excluding carboxylic acids is 1. The number of halogens is 2. The van der Waals surface area contributed by atoms with Crippen LogP contribution in [-0.2, 0) is 0 Å². The van der Waals surface area contributed by atoms with E-state index in [-0.39, 0.29) is 52.8 Å². The van der Waals surface area contributed by atoms with Gasteiger partial charge in [0, 0.05) is 18.8 Å². The maximum absolute atomic E-state index is 14.9. The fourth-order valence-corrected chi connectivity index (χ4v) is 4.10. The SMILES string of the molecule is COc1ccc(C#N)c(F)c1-c1nccc(C(=O)Nc2cc(F)ccc2N2CC(N)CC2CO)n1. The molecule has 9 nitrogen and oxygen atoms in total. The zero-order chi connectivity index (χ0) is 25.1. The van der Waals surface area contributed by atoms with Crippen molar-refractivity contribution in [2.75, 3.05) is 30.5 Å². The third-order valence-corrected chi connectivity index (χ3v) is 5.73. The van der Waals surface area contributed by atoms with Crippen LogP contribution < -0.4 is 20.7 Å². The normalized spacial score (nSPS) is 17.2. The molecule has 1 aromatic heterocycles. The summed E-state index contributed by atoms with van der Waals surface area (Å²) < 4.78 is 34.2. The van der Waals surface area contributed by atoms with Crippen molar-refractivity contribution in [3.05, 3.63) is 65.5 Å². The molecular formula is C24H22F2N6O3. The van der Waals surface area contributed by atoms with Crippen LogP contribution in [0.25, 0.3) is 11.4 Å². The van der Waals surface area contributed by atoms with Gasteiger partial charge < -0.3 is 25.8 Å². The number of methoxy groups -OCH3 is 1. The van der Waals surface area contributed by atoms with Crippen molar-refractivity contribution in [1.29, 1.82) is 5.26 Å². The van der Waals surface area contributed by atoms with Crippen molar-refractivity contribution < 1.29 is 23.4 Å². The maximum Gasteiger partial charge on any atom is 0.274 e. The van der Waals surface area contributed by atoms with Crippen molar-refractivity contribution in [3.63, 3.8) is 0 Å². The van der Waals surface area contributed by atoms with Gasteiger partial charge in [0.25, 0.3) is 5.91 Å². The third-order valence-electron chi connectivity index (χ3n) is 5.73. The second-order valence-corrected chi connectivity index (χ2v) is 7.98. The lowest BCUT2D eigenvalue weighted by Gasteiger charge is -2.27. The Hall–Kier alpha value is -4.14. The highest BCUT2D eigenvalue weighted by Gasteiger charge is 2.31. The zero-order valence-electron chi connectivity index (χ0n) is 18.7. The summed E-state index contributed by atoms with van der Waals surface area (Å²) in [7, 11) is 1.33. The summed E-state index contributed by atoms with van der Waals surface area (Å²) in [6.07, 6.45) is 1.81. The van der Waals surface area contributed by atoms with Crippen molar-refractivity contribution in [1.82, 2.24) is 9.97 Å². The molecule has 3 aromatic rings.